The summed E-state index contributed by atoms with van der Waals surface area (Å²) in [5, 5.41) is 19.4. The largest absolute Gasteiger partial charge is 0.484 e. The standard InChI is InChI=1S/C25H24Cl2FN3O6/c26-13-1-4-19-15(9-13)18(32)11-20(37-19)22(34)30-25-7-5-24(6-8-25,23(35)31-25)29-21(33)12-36-14-2-3-16(27)17(28)10-14/h1-4,9-10,18,20,32H,5-8,11-12H2,(H,29,33)(H,30,34)(H,31,35). The van der Waals surface area contributed by atoms with Crippen molar-refractivity contribution < 1.29 is 33.4 Å². The predicted octanol–water partition coefficient (Wildman–Crippen LogP) is 2.77. The number of piperidine rings is 2. The zero-order valence-electron chi connectivity index (χ0n) is 19.5. The summed E-state index contributed by atoms with van der Waals surface area (Å²) >= 11 is 11.6. The second kappa shape index (κ2) is 9.66. The van der Waals surface area contributed by atoms with Crippen molar-refractivity contribution in [3.8, 4) is 11.5 Å². The van der Waals surface area contributed by atoms with E-state index in [1.54, 1.807) is 18.2 Å². The summed E-state index contributed by atoms with van der Waals surface area (Å²) in [5.41, 5.74) is -1.59. The van der Waals surface area contributed by atoms with Gasteiger partial charge in [0.15, 0.2) is 12.7 Å². The molecule has 3 heterocycles. The monoisotopic (exact) mass is 551 g/mol. The number of hydrogen-bond acceptors (Lipinski definition) is 6. The number of carbonyl (C=O) groups is 3. The average Bonchev–Trinajstić information content (AvgIpc) is 2.86. The van der Waals surface area contributed by atoms with Gasteiger partial charge >= 0.3 is 0 Å². The fourth-order valence-corrected chi connectivity index (χ4v) is 5.34. The first-order valence-corrected chi connectivity index (χ1v) is 12.5. The Bertz CT molecular complexity index is 1270. The topological polar surface area (TPSA) is 126 Å². The molecule has 2 bridgehead atoms. The lowest BCUT2D eigenvalue weighted by atomic mass is 9.70. The van der Waals surface area contributed by atoms with Gasteiger partial charge in [0.1, 0.15) is 28.5 Å². The number of carbonyl (C=O) groups excluding carboxylic acids is 3. The fourth-order valence-electron chi connectivity index (χ4n) is 5.04. The molecule has 0 spiro atoms. The highest BCUT2D eigenvalue weighted by atomic mass is 35.5. The molecule has 2 saturated heterocycles. The minimum Gasteiger partial charge on any atom is -0.484 e. The molecule has 1 aliphatic carbocycles. The number of fused-ring (bicyclic) bond motifs is 4. The lowest BCUT2D eigenvalue weighted by molar-refractivity contribution is -0.148. The van der Waals surface area contributed by atoms with Crippen molar-refractivity contribution in [1.82, 2.24) is 16.0 Å². The second-order valence-corrected chi connectivity index (χ2v) is 10.4. The van der Waals surface area contributed by atoms with Crippen LogP contribution in [-0.4, -0.2) is 46.7 Å². The van der Waals surface area contributed by atoms with Crippen LogP contribution in [-0.2, 0) is 14.4 Å². The molecular formula is C25H24Cl2FN3O6. The SMILES string of the molecule is O=C(COc1ccc(Cl)c(F)c1)NC12CCC(NC(=O)C3CC(O)c4cc(Cl)ccc4O3)(CC1)NC2=O. The van der Waals surface area contributed by atoms with E-state index in [1.165, 1.54) is 12.1 Å². The van der Waals surface area contributed by atoms with E-state index in [4.69, 9.17) is 32.7 Å². The van der Waals surface area contributed by atoms with Crippen molar-refractivity contribution in [3.05, 3.63) is 57.8 Å². The number of ether oxygens (including phenoxy) is 2. The highest BCUT2D eigenvalue weighted by molar-refractivity contribution is 6.31. The third kappa shape index (κ3) is 5.05. The van der Waals surface area contributed by atoms with Crippen molar-refractivity contribution in [2.45, 2.75) is 55.5 Å². The maximum atomic E-state index is 13.6. The molecule has 0 aromatic heterocycles. The molecule has 1 saturated carbocycles. The smallest absolute Gasteiger partial charge is 0.262 e. The molecule has 0 radical (unpaired) electrons. The van der Waals surface area contributed by atoms with Crippen LogP contribution in [0, 0.1) is 5.82 Å². The third-order valence-corrected chi connectivity index (χ3v) is 7.62. The highest BCUT2D eigenvalue weighted by Crippen LogP contribution is 2.40. The summed E-state index contributed by atoms with van der Waals surface area (Å²) in [6.07, 6.45) is -0.451. The molecule has 4 aliphatic rings. The third-order valence-electron chi connectivity index (χ3n) is 7.08. The molecular weight excluding hydrogens is 528 g/mol. The molecule has 2 aromatic rings. The van der Waals surface area contributed by atoms with E-state index in [9.17, 15) is 23.9 Å². The number of benzene rings is 2. The Balaban J connectivity index is 1.18. The first-order chi connectivity index (χ1) is 17.6. The number of amides is 3. The van der Waals surface area contributed by atoms with Crippen molar-refractivity contribution in [3.63, 3.8) is 0 Å². The van der Waals surface area contributed by atoms with Crippen LogP contribution in [0.25, 0.3) is 0 Å². The van der Waals surface area contributed by atoms with Crippen LogP contribution < -0.4 is 25.4 Å². The molecule has 2 aromatic carbocycles. The Morgan fingerprint density at radius 2 is 1.89 bits per heavy atom. The van der Waals surface area contributed by atoms with Crippen LogP contribution in [0.3, 0.4) is 0 Å². The van der Waals surface area contributed by atoms with Gasteiger partial charge in [-0.1, -0.05) is 23.2 Å². The molecule has 3 amide bonds. The number of halogens is 3. The summed E-state index contributed by atoms with van der Waals surface area (Å²) in [7, 11) is 0. The van der Waals surface area contributed by atoms with Crippen molar-refractivity contribution in [2.75, 3.05) is 6.61 Å². The Morgan fingerprint density at radius 1 is 1.14 bits per heavy atom. The summed E-state index contributed by atoms with van der Waals surface area (Å²) < 4.78 is 24.7. The van der Waals surface area contributed by atoms with Gasteiger partial charge in [-0.25, -0.2) is 4.39 Å². The molecule has 2 atom stereocenters. The van der Waals surface area contributed by atoms with E-state index >= 15 is 0 Å². The maximum Gasteiger partial charge on any atom is 0.262 e. The van der Waals surface area contributed by atoms with Gasteiger partial charge in [0, 0.05) is 23.1 Å². The molecule has 196 valence electrons. The summed E-state index contributed by atoms with van der Waals surface area (Å²) in [5.74, 6) is -1.57. The molecule has 2 unspecified atom stereocenters. The Kier molecular flexibility index (Phi) is 6.68. The Hall–Kier alpha value is -3.08. The zero-order chi connectivity index (χ0) is 26.4. The van der Waals surface area contributed by atoms with Crippen LogP contribution >= 0.6 is 23.2 Å². The lowest BCUT2D eigenvalue weighted by Crippen LogP contribution is -2.77. The molecule has 3 fully saturated rings. The molecule has 12 heteroatoms. The molecule has 6 rings (SSSR count). The van der Waals surface area contributed by atoms with E-state index in [2.05, 4.69) is 16.0 Å². The van der Waals surface area contributed by atoms with Gasteiger partial charge in [0.25, 0.3) is 11.8 Å². The van der Waals surface area contributed by atoms with Gasteiger partial charge in [0.05, 0.1) is 11.1 Å². The minimum atomic E-state index is -1.13. The summed E-state index contributed by atoms with van der Waals surface area (Å²) in [6.45, 7) is -0.411. The van der Waals surface area contributed by atoms with Gasteiger partial charge < -0.3 is 30.5 Å². The Labute approximate surface area is 221 Å². The van der Waals surface area contributed by atoms with E-state index < -0.39 is 53.6 Å². The molecule has 4 N–H and O–H groups in total. The van der Waals surface area contributed by atoms with Crippen LogP contribution in [0.4, 0.5) is 4.39 Å². The van der Waals surface area contributed by atoms with Crippen LogP contribution in [0.2, 0.25) is 10.0 Å². The van der Waals surface area contributed by atoms with E-state index in [0.717, 1.165) is 6.07 Å². The number of hydrogen-bond donors (Lipinski definition) is 4. The quantitative estimate of drug-likeness (QED) is 0.437. The predicted molar refractivity (Wildman–Crippen MR) is 131 cm³/mol. The molecule has 3 aliphatic heterocycles. The average molecular weight is 552 g/mol. The number of rotatable bonds is 6. The van der Waals surface area contributed by atoms with E-state index in [-0.39, 0.29) is 17.2 Å². The first-order valence-electron chi connectivity index (χ1n) is 11.8. The van der Waals surface area contributed by atoms with Gasteiger partial charge in [0.2, 0.25) is 5.91 Å². The van der Waals surface area contributed by atoms with Gasteiger partial charge in [-0.3, -0.25) is 14.4 Å². The van der Waals surface area contributed by atoms with Crippen molar-refractivity contribution in [1.29, 1.82) is 0 Å². The normalized spacial score (nSPS) is 27.9. The van der Waals surface area contributed by atoms with E-state index in [1.807, 2.05) is 0 Å². The maximum absolute atomic E-state index is 13.6. The second-order valence-electron chi connectivity index (χ2n) is 9.56. The Morgan fingerprint density at radius 3 is 2.59 bits per heavy atom. The highest BCUT2D eigenvalue weighted by Gasteiger charge is 2.56. The van der Waals surface area contributed by atoms with Crippen LogP contribution in [0.1, 0.15) is 43.8 Å². The molecule has 37 heavy (non-hydrogen) atoms. The summed E-state index contributed by atoms with van der Waals surface area (Å²) in [6, 6.07) is 8.64. The zero-order valence-corrected chi connectivity index (χ0v) is 21.0. The van der Waals surface area contributed by atoms with Gasteiger partial charge in [-0.15, -0.1) is 0 Å². The molecule has 9 nitrogen and oxygen atoms in total. The minimum absolute atomic E-state index is 0.0424. The van der Waals surface area contributed by atoms with Crippen LogP contribution in [0.15, 0.2) is 36.4 Å². The van der Waals surface area contributed by atoms with E-state index in [0.29, 0.717) is 42.0 Å². The van der Waals surface area contributed by atoms with Gasteiger partial charge in [-0.2, -0.15) is 0 Å². The van der Waals surface area contributed by atoms with Crippen molar-refractivity contribution >= 4 is 40.9 Å². The fraction of sp³-hybridized carbons (Fsp3) is 0.400. The van der Waals surface area contributed by atoms with Crippen molar-refractivity contribution in [2.24, 2.45) is 0 Å². The number of aliphatic hydroxyl groups excluding tert-OH is 1. The summed E-state index contributed by atoms with van der Waals surface area (Å²) in [4.78, 5) is 38.6. The lowest BCUT2D eigenvalue weighted by Gasteiger charge is -2.53. The van der Waals surface area contributed by atoms with Crippen LogP contribution in [0.5, 0.6) is 11.5 Å². The first kappa shape index (κ1) is 25.6. The van der Waals surface area contributed by atoms with Gasteiger partial charge in [-0.05, 0) is 56.0 Å². The number of aliphatic hydroxyl groups is 1. The number of nitrogens with one attached hydrogen (secondary N) is 3.